The first-order valence-corrected chi connectivity index (χ1v) is 33.4. The van der Waals surface area contributed by atoms with Gasteiger partial charge >= 0.3 is 18.4 Å². The lowest BCUT2D eigenvalue weighted by Crippen LogP contribution is -2.50. The van der Waals surface area contributed by atoms with Gasteiger partial charge in [0.15, 0.2) is 0 Å². The van der Waals surface area contributed by atoms with Crippen LogP contribution in [-0.2, 0) is 58.4 Å². The average molecular weight is 1470 g/mol. The summed E-state index contributed by atoms with van der Waals surface area (Å²) < 4.78 is 116. The van der Waals surface area contributed by atoms with E-state index in [1.807, 2.05) is 85.9 Å². The molecule has 3 fully saturated rings. The number of nitrogens with one attached hydrogen (secondary N) is 2. The summed E-state index contributed by atoms with van der Waals surface area (Å²) in [5.41, 5.74) is 0.965. The molecule has 548 valence electrons. The van der Waals surface area contributed by atoms with Crippen LogP contribution < -0.4 is 10.6 Å². The summed E-state index contributed by atoms with van der Waals surface area (Å²) in [6.45, 7) is 4.93. The second-order valence-corrected chi connectivity index (χ2v) is 25.9. The Bertz CT molecular complexity index is 3670. The second-order valence-electron chi connectivity index (χ2n) is 25.9. The lowest BCUT2D eigenvalue weighted by molar-refractivity contribution is -0.143. The number of anilines is 2. The Hall–Kier alpha value is -7.55. The van der Waals surface area contributed by atoms with Gasteiger partial charge in [-0.2, -0.15) is 26.3 Å². The number of benzene rings is 6. The number of nitrogens with zero attached hydrogens (tertiary/aromatic N) is 6. The predicted molar refractivity (Wildman–Crippen MR) is 378 cm³/mol. The van der Waals surface area contributed by atoms with Crippen LogP contribution in [-0.4, -0.2) is 178 Å². The minimum Gasteiger partial charge on any atom is -0.446 e. The highest BCUT2D eigenvalue weighted by Gasteiger charge is 2.50. The second kappa shape index (κ2) is 36.5. The summed E-state index contributed by atoms with van der Waals surface area (Å²) >= 11 is 0. The number of amides is 5. The molecule has 5 amide bonds. The first-order valence-electron chi connectivity index (χ1n) is 33.4. The molecule has 3 aliphatic heterocycles. The summed E-state index contributed by atoms with van der Waals surface area (Å²) in [5, 5.41) is 7.59. The molecule has 1 aliphatic carbocycles. The number of rotatable bonds is 27. The number of para-hydroxylation sites is 1. The van der Waals surface area contributed by atoms with Gasteiger partial charge in [-0.1, -0.05) is 91.3 Å². The maximum Gasteiger partial charge on any atom is 0.416 e. The Morgan fingerprint density at radius 3 is 1.97 bits per heavy atom. The molecule has 0 unspecified atom stereocenters. The monoisotopic (exact) mass is 1470 g/mol. The van der Waals surface area contributed by atoms with E-state index in [9.17, 15) is 54.7 Å². The van der Waals surface area contributed by atoms with Crippen LogP contribution in [0.5, 0.6) is 0 Å². The van der Waals surface area contributed by atoms with Gasteiger partial charge < -0.3 is 44.0 Å². The molecule has 6 aromatic rings. The molecule has 0 radical (unpaired) electrons. The van der Waals surface area contributed by atoms with Gasteiger partial charge in [-0.05, 0) is 154 Å². The Morgan fingerprint density at radius 2 is 1.30 bits per heavy atom. The molecule has 4 aliphatic rings. The van der Waals surface area contributed by atoms with Crippen molar-refractivity contribution in [3.05, 3.63) is 190 Å². The third-order valence-corrected chi connectivity index (χ3v) is 19.5. The zero-order valence-electron chi connectivity index (χ0n) is 56.7. The fourth-order valence-electron chi connectivity index (χ4n) is 13.7. The molecular formula is C74H88Cl3F7N8O9. The first kappa shape index (κ1) is 80.8. The van der Waals surface area contributed by atoms with Crippen LogP contribution >= 0.6 is 37.2 Å². The van der Waals surface area contributed by atoms with E-state index in [0.717, 1.165) is 84.6 Å². The molecule has 6 aromatic carbocycles. The SMILES string of the molecule is CON(CCCN(C)C(=O)CO[C@H]1Cc2ccccc2C12CCN(CC[C@@]1(c3ccc(F)cc3)CN(C(=O)c3cc(C(F)(F)F)cc(C(F)(F)F)c3)CO1)CC2)C(=O)c1ccc(NCCCCCC(=O)N(C)CCN2CCC(OC(=O)Nc3ccccc3-c3ccccc3)CC2)cc1.Cl.Cl.Cl. The smallest absolute Gasteiger partial charge is 0.416 e. The first-order chi connectivity index (χ1) is 47.0. The molecule has 0 saturated carbocycles. The fraction of sp³-hybridized carbons (Fsp3) is 0.446. The number of alkyl halides is 6. The number of hydrogen-bond acceptors (Lipinski definition) is 12. The predicted octanol–water partition coefficient (Wildman–Crippen LogP) is 14.2. The number of halogens is 10. The van der Waals surface area contributed by atoms with E-state index in [0.29, 0.717) is 100 Å². The summed E-state index contributed by atoms with van der Waals surface area (Å²) in [7, 11) is 4.95. The van der Waals surface area contributed by atoms with Crippen LogP contribution in [0.15, 0.2) is 146 Å². The number of hydrogen-bond donors (Lipinski definition) is 2. The van der Waals surface area contributed by atoms with Gasteiger partial charge in [0.05, 0.1) is 43.1 Å². The minimum absolute atomic E-state index is 0. The highest BCUT2D eigenvalue weighted by atomic mass is 35.5. The number of carbonyl (C=O) groups is 5. The highest BCUT2D eigenvalue weighted by molar-refractivity contribution is 5.95. The Labute approximate surface area is 603 Å². The number of likely N-dealkylation sites (N-methyl/N-ethyl adjacent to an activating group) is 2. The van der Waals surface area contributed by atoms with Crippen molar-refractivity contribution >= 4 is 78.3 Å². The standard InChI is InChI=1S/C74H85F7N8O9.3ClH/c1-84(36-14-37-89(95-3)69(93)53-22-28-60(29-23-53)82-35-13-5-8-21-66(90)85(2)43-44-86-38-30-61(31-39-86)98-70(94)83-64-20-12-10-18-62(64)52-15-6-4-7-16-52)67(91)49-96-65-47-54-17-9-11-19-63(54)71(65)32-40-87(41-33-71)42-34-72(56-24-26-59(75)27-25-56)50-88(51-97-72)68(92)55-45-57(73(76,77)78)48-58(46-55)74(79,80)81;;;/h4,6-7,9-12,15-20,22-29,45-46,48,61,65,82H,5,8,13-14,21,30-44,47,49-51H2,1-3H3,(H,83,94);3*1H/t65-,72-;;;/m0.../s1. The van der Waals surface area contributed by atoms with Gasteiger partial charge in [-0.15, -0.1) is 37.2 Å². The van der Waals surface area contributed by atoms with Crippen molar-refractivity contribution in [1.82, 2.24) is 29.6 Å². The van der Waals surface area contributed by atoms with Crippen LogP contribution in [0.3, 0.4) is 0 Å². The van der Waals surface area contributed by atoms with Crippen molar-refractivity contribution in [2.24, 2.45) is 0 Å². The topological polar surface area (TPSA) is 166 Å². The lowest BCUT2D eigenvalue weighted by atomic mass is 9.72. The van der Waals surface area contributed by atoms with Gasteiger partial charge in [0.2, 0.25) is 11.8 Å². The van der Waals surface area contributed by atoms with E-state index in [2.05, 4.69) is 32.6 Å². The Balaban J connectivity index is 0.00000477. The zero-order chi connectivity index (χ0) is 69.6. The molecule has 27 heteroatoms. The molecule has 10 rings (SSSR count). The summed E-state index contributed by atoms with van der Waals surface area (Å²) in [6, 6.07) is 39.0. The number of piperidine rings is 2. The minimum atomic E-state index is -5.15. The maximum absolute atomic E-state index is 14.2. The number of ether oxygens (including phenoxy) is 3. The van der Waals surface area contributed by atoms with Crippen LogP contribution in [0.1, 0.15) is 113 Å². The molecule has 17 nitrogen and oxygen atoms in total. The van der Waals surface area contributed by atoms with Crippen LogP contribution in [0, 0.1) is 5.82 Å². The molecule has 3 saturated heterocycles. The van der Waals surface area contributed by atoms with Gasteiger partial charge in [0.1, 0.15) is 30.9 Å². The molecule has 2 atom stereocenters. The zero-order valence-corrected chi connectivity index (χ0v) is 59.2. The van der Waals surface area contributed by atoms with E-state index in [4.69, 9.17) is 19.0 Å². The van der Waals surface area contributed by atoms with Gasteiger partial charge in [-0.3, -0.25) is 29.3 Å². The summed E-state index contributed by atoms with van der Waals surface area (Å²) in [5.74, 6) is -2.07. The van der Waals surface area contributed by atoms with Crippen LogP contribution in [0.2, 0.25) is 0 Å². The van der Waals surface area contributed by atoms with Gasteiger partial charge in [-0.25, -0.2) is 14.2 Å². The van der Waals surface area contributed by atoms with Crippen molar-refractivity contribution in [2.75, 3.05) is 117 Å². The van der Waals surface area contributed by atoms with Crippen molar-refractivity contribution in [1.29, 1.82) is 0 Å². The molecule has 2 N–H and O–H groups in total. The van der Waals surface area contributed by atoms with Crippen molar-refractivity contribution in [3.63, 3.8) is 0 Å². The van der Waals surface area contributed by atoms with E-state index in [1.54, 1.807) is 29.0 Å². The van der Waals surface area contributed by atoms with Crippen molar-refractivity contribution in [3.8, 4) is 11.1 Å². The summed E-state index contributed by atoms with van der Waals surface area (Å²) in [6.07, 6.45) is -4.29. The van der Waals surface area contributed by atoms with E-state index in [1.165, 1.54) is 36.4 Å². The molecular weight excluding hydrogens is 1380 g/mol. The Morgan fingerprint density at radius 1 is 0.663 bits per heavy atom. The number of carbonyl (C=O) groups excluding carboxylic acids is 5. The summed E-state index contributed by atoms with van der Waals surface area (Å²) in [4.78, 5) is 81.3. The van der Waals surface area contributed by atoms with Crippen LogP contribution in [0.25, 0.3) is 11.1 Å². The normalized spacial score (nSPS) is 17.6. The number of unbranched alkanes of at least 4 members (excludes halogenated alkanes) is 2. The van der Waals surface area contributed by atoms with Crippen molar-refractivity contribution in [2.45, 2.75) is 106 Å². The van der Waals surface area contributed by atoms with E-state index in [-0.39, 0.29) is 99.3 Å². The average Bonchev–Trinajstić information content (AvgIpc) is 1.60. The Kier molecular flexibility index (Phi) is 29.2. The van der Waals surface area contributed by atoms with Gasteiger partial charge in [0.25, 0.3) is 11.8 Å². The molecule has 0 bridgehead atoms. The van der Waals surface area contributed by atoms with Gasteiger partial charge in [0, 0.05) is 94.1 Å². The quantitative estimate of drug-likeness (QED) is 0.0285. The molecule has 101 heavy (non-hydrogen) atoms. The third-order valence-electron chi connectivity index (χ3n) is 19.5. The fourth-order valence-corrected chi connectivity index (χ4v) is 13.7. The highest BCUT2D eigenvalue weighted by Crippen LogP contribution is 2.49. The van der Waals surface area contributed by atoms with E-state index < -0.39 is 64.6 Å². The number of fused-ring (bicyclic) bond motifs is 2. The molecule has 0 aromatic heterocycles. The van der Waals surface area contributed by atoms with Crippen molar-refractivity contribution < 1.29 is 73.8 Å². The maximum atomic E-state index is 14.2. The van der Waals surface area contributed by atoms with Crippen LogP contribution in [0.4, 0.5) is 46.9 Å². The largest absolute Gasteiger partial charge is 0.446 e. The third kappa shape index (κ3) is 20.9. The number of hydroxylamine groups is 2. The van der Waals surface area contributed by atoms with E-state index >= 15 is 0 Å². The lowest BCUT2D eigenvalue weighted by Gasteiger charge is -2.44. The number of likely N-dealkylation sites (tertiary alicyclic amines) is 2. The molecule has 3 heterocycles. The molecule has 1 spiro atoms.